The van der Waals surface area contributed by atoms with Crippen LogP contribution in [-0.4, -0.2) is 27.1 Å². The molecule has 2 atom stereocenters. The molecule has 1 aliphatic rings. The molecule has 0 N–H and O–H groups in total. The Morgan fingerprint density at radius 2 is 1.36 bits per heavy atom. The Morgan fingerprint density at radius 1 is 0.786 bits per heavy atom. The van der Waals surface area contributed by atoms with Gasteiger partial charge < -0.3 is 14.4 Å². The van der Waals surface area contributed by atoms with Crippen LogP contribution in [0, 0.1) is 0 Å². The Labute approximate surface area is 171 Å². The van der Waals surface area contributed by atoms with Gasteiger partial charge in [-0.15, -0.1) is 11.8 Å². The number of hydrogen-bond donors (Lipinski definition) is 0. The average molecular weight is 392 g/mol. The maximum Gasteiger partial charge on any atom is 0.174 e. The molecule has 0 bridgehead atoms. The van der Waals surface area contributed by atoms with E-state index in [0.717, 1.165) is 0 Å². The molecule has 4 heteroatoms. The summed E-state index contributed by atoms with van der Waals surface area (Å²) >= 11 is 1.94. The van der Waals surface area contributed by atoms with Gasteiger partial charge in [0.25, 0.3) is 0 Å². The number of ether oxygens (including phenoxy) is 2. The SMILES string of the molecule is COC(CN1c2ccccc2SC(c2ccccc2)C1c1ccccc1)OC. The van der Waals surface area contributed by atoms with Crippen LogP contribution < -0.4 is 4.90 Å². The molecular formula is C24H25NO2S. The van der Waals surface area contributed by atoms with E-state index in [0.29, 0.717) is 6.54 Å². The third-order valence-electron chi connectivity index (χ3n) is 5.19. The first-order valence-electron chi connectivity index (χ1n) is 9.49. The van der Waals surface area contributed by atoms with Gasteiger partial charge in [0.1, 0.15) is 0 Å². The summed E-state index contributed by atoms with van der Waals surface area (Å²) in [5, 5.41) is 0.271. The molecule has 0 saturated heterocycles. The minimum atomic E-state index is -0.293. The maximum atomic E-state index is 5.57. The highest BCUT2D eigenvalue weighted by molar-refractivity contribution is 7.99. The molecule has 0 aromatic heterocycles. The molecule has 0 radical (unpaired) electrons. The first-order chi connectivity index (χ1) is 13.8. The van der Waals surface area contributed by atoms with Crippen LogP contribution in [0.5, 0.6) is 0 Å². The van der Waals surface area contributed by atoms with Gasteiger partial charge in [-0.2, -0.15) is 0 Å². The number of fused-ring (bicyclic) bond motifs is 1. The van der Waals surface area contributed by atoms with Gasteiger partial charge in [0.15, 0.2) is 6.29 Å². The summed E-state index contributed by atoms with van der Waals surface area (Å²) in [6, 6.07) is 30.3. The van der Waals surface area contributed by atoms with Gasteiger partial charge in [0.2, 0.25) is 0 Å². The number of anilines is 1. The number of rotatable bonds is 6. The molecular weight excluding hydrogens is 366 g/mol. The number of thioether (sulfide) groups is 1. The standard InChI is InChI=1S/C24H25NO2S/c1-26-22(27-2)17-25-20-15-9-10-16-21(20)28-24(19-13-7-4-8-14-19)23(25)18-11-5-3-6-12-18/h3-16,22-24H,17H2,1-2H3. The molecule has 0 saturated carbocycles. The van der Waals surface area contributed by atoms with Crippen molar-refractivity contribution in [2.75, 3.05) is 25.7 Å². The quantitative estimate of drug-likeness (QED) is 0.503. The molecule has 0 fully saturated rings. The van der Waals surface area contributed by atoms with Crippen molar-refractivity contribution < 1.29 is 9.47 Å². The van der Waals surface area contributed by atoms with Gasteiger partial charge in [-0.1, -0.05) is 72.8 Å². The molecule has 3 aromatic rings. The molecule has 144 valence electrons. The lowest BCUT2D eigenvalue weighted by molar-refractivity contribution is -0.0958. The Bertz CT molecular complexity index is 883. The van der Waals surface area contributed by atoms with Gasteiger partial charge in [0, 0.05) is 19.1 Å². The molecule has 0 spiro atoms. The molecule has 1 aliphatic heterocycles. The molecule has 0 aliphatic carbocycles. The summed E-state index contributed by atoms with van der Waals surface area (Å²) < 4.78 is 11.1. The van der Waals surface area contributed by atoms with Crippen molar-refractivity contribution in [3.8, 4) is 0 Å². The van der Waals surface area contributed by atoms with E-state index in [4.69, 9.17) is 9.47 Å². The molecule has 28 heavy (non-hydrogen) atoms. The zero-order valence-corrected chi connectivity index (χ0v) is 17.0. The summed E-state index contributed by atoms with van der Waals surface area (Å²) in [5.74, 6) is 0. The number of benzene rings is 3. The van der Waals surface area contributed by atoms with E-state index in [-0.39, 0.29) is 17.6 Å². The van der Waals surface area contributed by atoms with Crippen LogP contribution >= 0.6 is 11.8 Å². The Balaban J connectivity index is 1.85. The van der Waals surface area contributed by atoms with Gasteiger partial charge in [0.05, 0.1) is 23.5 Å². The highest BCUT2D eigenvalue weighted by Gasteiger charge is 2.37. The second-order valence-electron chi connectivity index (χ2n) is 6.83. The maximum absolute atomic E-state index is 5.57. The normalized spacial score (nSPS) is 18.9. The molecule has 4 rings (SSSR count). The van der Waals surface area contributed by atoms with Crippen LogP contribution in [-0.2, 0) is 9.47 Å². The minimum absolute atomic E-state index is 0.177. The van der Waals surface area contributed by atoms with Crippen molar-refractivity contribution in [1.82, 2.24) is 0 Å². The molecule has 3 nitrogen and oxygen atoms in total. The van der Waals surface area contributed by atoms with Crippen LogP contribution in [0.25, 0.3) is 0 Å². The number of methoxy groups -OCH3 is 2. The van der Waals surface area contributed by atoms with Crippen LogP contribution in [0.2, 0.25) is 0 Å². The van der Waals surface area contributed by atoms with Crippen LogP contribution in [0.3, 0.4) is 0 Å². The monoisotopic (exact) mass is 391 g/mol. The van der Waals surface area contributed by atoms with Gasteiger partial charge in [-0.25, -0.2) is 0 Å². The smallest absolute Gasteiger partial charge is 0.174 e. The summed E-state index contributed by atoms with van der Waals surface area (Å²) in [4.78, 5) is 3.73. The Kier molecular flexibility index (Phi) is 6.01. The lowest BCUT2D eigenvalue weighted by Crippen LogP contribution is -2.41. The van der Waals surface area contributed by atoms with Crippen molar-refractivity contribution >= 4 is 17.4 Å². The molecule has 3 aromatic carbocycles. The van der Waals surface area contributed by atoms with E-state index in [9.17, 15) is 0 Å². The predicted octanol–water partition coefficient (Wildman–Crippen LogP) is 5.70. The zero-order chi connectivity index (χ0) is 19.3. The highest BCUT2D eigenvalue weighted by Crippen LogP contribution is 2.55. The minimum Gasteiger partial charge on any atom is -0.357 e. The third-order valence-corrected chi connectivity index (χ3v) is 6.57. The van der Waals surface area contributed by atoms with Crippen molar-refractivity contribution in [3.63, 3.8) is 0 Å². The van der Waals surface area contributed by atoms with Crippen molar-refractivity contribution in [2.24, 2.45) is 0 Å². The topological polar surface area (TPSA) is 21.7 Å². The lowest BCUT2D eigenvalue weighted by Gasteiger charge is -2.44. The van der Waals surface area contributed by atoms with Crippen molar-refractivity contribution in [2.45, 2.75) is 22.5 Å². The summed E-state index contributed by atoms with van der Waals surface area (Å²) in [5.41, 5.74) is 3.85. The number of nitrogens with zero attached hydrogens (tertiary/aromatic N) is 1. The fourth-order valence-corrected chi connectivity index (χ4v) is 5.29. The summed E-state index contributed by atoms with van der Waals surface area (Å²) in [6.07, 6.45) is -0.293. The Morgan fingerprint density at radius 3 is 2.00 bits per heavy atom. The zero-order valence-electron chi connectivity index (χ0n) is 16.2. The van der Waals surface area contributed by atoms with E-state index in [1.54, 1.807) is 14.2 Å². The second-order valence-corrected chi connectivity index (χ2v) is 8.01. The Hall–Kier alpha value is -2.27. The number of hydrogen-bond acceptors (Lipinski definition) is 4. The lowest BCUT2D eigenvalue weighted by atomic mass is 9.95. The molecule has 0 amide bonds. The predicted molar refractivity (Wildman–Crippen MR) is 116 cm³/mol. The van der Waals surface area contributed by atoms with Crippen molar-refractivity contribution in [1.29, 1.82) is 0 Å². The van der Waals surface area contributed by atoms with Gasteiger partial charge in [-0.3, -0.25) is 0 Å². The van der Waals surface area contributed by atoms with E-state index >= 15 is 0 Å². The summed E-state index contributed by atoms with van der Waals surface area (Å²) in [7, 11) is 3.40. The molecule has 2 unspecified atom stereocenters. The first kappa shape index (κ1) is 19.1. The number of para-hydroxylation sites is 1. The molecule has 1 heterocycles. The second kappa shape index (κ2) is 8.82. The fraction of sp³-hybridized carbons (Fsp3) is 0.250. The van der Waals surface area contributed by atoms with E-state index in [2.05, 4.69) is 89.8 Å². The van der Waals surface area contributed by atoms with Crippen LogP contribution in [0.15, 0.2) is 89.8 Å². The average Bonchev–Trinajstić information content (AvgIpc) is 2.78. The van der Waals surface area contributed by atoms with Crippen LogP contribution in [0.1, 0.15) is 22.4 Å². The third kappa shape index (κ3) is 3.81. The van der Waals surface area contributed by atoms with E-state index in [1.807, 2.05) is 11.8 Å². The summed E-state index contributed by atoms with van der Waals surface area (Å²) in [6.45, 7) is 0.660. The highest BCUT2D eigenvalue weighted by atomic mass is 32.2. The largest absolute Gasteiger partial charge is 0.357 e. The first-order valence-corrected chi connectivity index (χ1v) is 10.4. The van der Waals surface area contributed by atoms with Gasteiger partial charge >= 0.3 is 0 Å². The fourth-order valence-electron chi connectivity index (χ4n) is 3.82. The van der Waals surface area contributed by atoms with E-state index < -0.39 is 0 Å². The van der Waals surface area contributed by atoms with Crippen LogP contribution in [0.4, 0.5) is 5.69 Å². The van der Waals surface area contributed by atoms with E-state index in [1.165, 1.54) is 21.7 Å². The van der Waals surface area contributed by atoms with Gasteiger partial charge in [-0.05, 0) is 23.3 Å². The van der Waals surface area contributed by atoms with Crippen molar-refractivity contribution in [3.05, 3.63) is 96.1 Å².